The summed E-state index contributed by atoms with van der Waals surface area (Å²) in [5.74, 6) is 1.59. The van der Waals surface area contributed by atoms with Gasteiger partial charge in [0.2, 0.25) is 5.91 Å². The van der Waals surface area contributed by atoms with Crippen LogP contribution in [0.4, 0.5) is 0 Å². The third kappa shape index (κ3) is 2.84. The van der Waals surface area contributed by atoms with E-state index in [2.05, 4.69) is 13.8 Å². The van der Waals surface area contributed by atoms with Crippen LogP contribution in [-0.2, 0) is 11.2 Å². The molecule has 1 aliphatic rings. The molecule has 0 aliphatic carbocycles. The number of amides is 1. The average molecular weight is 247 g/mol. The number of aromatic hydroxyl groups is 1. The second-order valence-corrected chi connectivity index (χ2v) is 5.39. The van der Waals surface area contributed by atoms with Crippen molar-refractivity contribution < 1.29 is 9.90 Å². The molecule has 1 aliphatic heterocycles. The predicted molar refractivity (Wildman–Crippen MR) is 71.3 cm³/mol. The van der Waals surface area contributed by atoms with E-state index in [9.17, 15) is 9.90 Å². The maximum absolute atomic E-state index is 12.2. The number of phenols is 1. The van der Waals surface area contributed by atoms with E-state index >= 15 is 0 Å². The lowest BCUT2D eigenvalue weighted by Gasteiger charge is -2.35. The van der Waals surface area contributed by atoms with Gasteiger partial charge in [-0.2, -0.15) is 0 Å². The zero-order valence-corrected chi connectivity index (χ0v) is 11.1. The summed E-state index contributed by atoms with van der Waals surface area (Å²) in [5, 5.41) is 9.68. The third-order valence-electron chi connectivity index (χ3n) is 4.02. The highest BCUT2D eigenvalue weighted by molar-refractivity contribution is 5.79. The topological polar surface area (TPSA) is 40.5 Å². The Bertz CT molecular complexity index is 430. The lowest BCUT2D eigenvalue weighted by Crippen LogP contribution is -2.42. The van der Waals surface area contributed by atoms with E-state index in [-0.39, 0.29) is 11.7 Å². The average Bonchev–Trinajstić information content (AvgIpc) is 2.35. The number of likely N-dealkylation sites (tertiary alicyclic amines) is 1. The Hall–Kier alpha value is -1.51. The normalized spacial score (nSPS) is 24.0. The van der Waals surface area contributed by atoms with Crippen LogP contribution in [-0.4, -0.2) is 29.0 Å². The first-order chi connectivity index (χ1) is 8.58. The van der Waals surface area contributed by atoms with Crippen molar-refractivity contribution in [2.45, 2.75) is 26.7 Å². The number of nitrogens with zero attached hydrogens (tertiary/aromatic N) is 1. The Morgan fingerprint density at radius 1 is 1.33 bits per heavy atom. The van der Waals surface area contributed by atoms with Gasteiger partial charge in [0.15, 0.2) is 0 Å². The summed E-state index contributed by atoms with van der Waals surface area (Å²) in [6, 6.07) is 7.06. The lowest BCUT2D eigenvalue weighted by molar-refractivity contribution is -0.132. The van der Waals surface area contributed by atoms with E-state index in [1.807, 2.05) is 17.0 Å². The number of piperidine rings is 1. The molecule has 0 aromatic heterocycles. The van der Waals surface area contributed by atoms with Crippen molar-refractivity contribution in [2.75, 3.05) is 13.1 Å². The molecule has 1 amide bonds. The Morgan fingerprint density at radius 3 is 2.72 bits per heavy atom. The van der Waals surface area contributed by atoms with Gasteiger partial charge in [-0.05, 0) is 24.3 Å². The van der Waals surface area contributed by atoms with Crippen molar-refractivity contribution in [1.29, 1.82) is 0 Å². The summed E-state index contributed by atoms with van der Waals surface area (Å²) in [6.07, 6.45) is 1.38. The van der Waals surface area contributed by atoms with Crippen molar-refractivity contribution in [3.63, 3.8) is 0 Å². The minimum absolute atomic E-state index is 0.121. The summed E-state index contributed by atoms with van der Waals surface area (Å²) in [4.78, 5) is 14.1. The van der Waals surface area contributed by atoms with Crippen LogP contribution in [0.25, 0.3) is 0 Å². The Morgan fingerprint density at radius 2 is 2.06 bits per heavy atom. The van der Waals surface area contributed by atoms with E-state index < -0.39 is 0 Å². The monoisotopic (exact) mass is 247 g/mol. The van der Waals surface area contributed by atoms with Crippen molar-refractivity contribution in [3.8, 4) is 5.75 Å². The van der Waals surface area contributed by atoms with E-state index in [1.165, 1.54) is 0 Å². The first-order valence-electron chi connectivity index (χ1n) is 6.62. The molecular weight excluding hydrogens is 226 g/mol. The van der Waals surface area contributed by atoms with E-state index in [0.29, 0.717) is 23.8 Å². The molecule has 1 aromatic rings. The van der Waals surface area contributed by atoms with Gasteiger partial charge >= 0.3 is 0 Å². The molecule has 2 atom stereocenters. The van der Waals surface area contributed by atoms with Gasteiger partial charge in [-0.15, -0.1) is 0 Å². The summed E-state index contributed by atoms with van der Waals surface area (Å²) < 4.78 is 0. The van der Waals surface area contributed by atoms with Gasteiger partial charge in [-0.1, -0.05) is 32.0 Å². The number of benzene rings is 1. The highest BCUT2D eigenvalue weighted by Crippen LogP contribution is 2.24. The minimum Gasteiger partial charge on any atom is -0.508 e. The number of phenolic OH excluding ortho intramolecular Hbond substituents is 1. The molecule has 0 saturated carbocycles. The smallest absolute Gasteiger partial charge is 0.227 e. The lowest BCUT2D eigenvalue weighted by atomic mass is 9.88. The highest BCUT2D eigenvalue weighted by Gasteiger charge is 2.25. The number of hydrogen-bond donors (Lipinski definition) is 1. The molecular formula is C15H21NO2. The zero-order valence-electron chi connectivity index (χ0n) is 11.1. The highest BCUT2D eigenvalue weighted by atomic mass is 16.3. The summed E-state index contributed by atoms with van der Waals surface area (Å²) in [6.45, 7) is 6.13. The van der Waals surface area contributed by atoms with Crippen LogP contribution in [0.1, 0.15) is 25.8 Å². The molecule has 0 spiro atoms. The molecule has 2 rings (SSSR count). The predicted octanol–water partition coefficient (Wildman–Crippen LogP) is 2.44. The molecule has 1 N–H and O–H groups in total. The van der Waals surface area contributed by atoms with Crippen LogP contribution >= 0.6 is 0 Å². The van der Waals surface area contributed by atoms with E-state index in [4.69, 9.17) is 0 Å². The first kappa shape index (κ1) is 12.9. The summed E-state index contributed by atoms with van der Waals surface area (Å²) >= 11 is 0. The summed E-state index contributed by atoms with van der Waals surface area (Å²) in [7, 11) is 0. The molecule has 18 heavy (non-hydrogen) atoms. The van der Waals surface area contributed by atoms with Crippen molar-refractivity contribution in [1.82, 2.24) is 4.90 Å². The van der Waals surface area contributed by atoms with Gasteiger partial charge in [0, 0.05) is 18.7 Å². The van der Waals surface area contributed by atoms with Crippen molar-refractivity contribution in [3.05, 3.63) is 29.8 Å². The number of carbonyl (C=O) groups excluding carboxylic acids is 1. The van der Waals surface area contributed by atoms with Gasteiger partial charge in [0.1, 0.15) is 5.75 Å². The molecule has 0 radical (unpaired) electrons. The quantitative estimate of drug-likeness (QED) is 0.872. The summed E-state index contributed by atoms with van der Waals surface area (Å²) in [5.41, 5.74) is 0.716. The number of para-hydroxylation sites is 1. The van der Waals surface area contributed by atoms with Crippen LogP contribution in [0.5, 0.6) is 5.75 Å². The molecule has 98 valence electrons. The number of rotatable bonds is 2. The van der Waals surface area contributed by atoms with Gasteiger partial charge < -0.3 is 10.0 Å². The SMILES string of the molecule is CC1CCN(C(=O)Cc2ccccc2O)CC1C. The maximum Gasteiger partial charge on any atom is 0.227 e. The van der Waals surface area contributed by atoms with Gasteiger partial charge in [-0.25, -0.2) is 0 Å². The molecule has 1 heterocycles. The fourth-order valence-corrected chi connectivity index (χ4v) is 2.42. The number of carbonyl (C=O) groups is 1. The van der Waals surface area contributed by atoms with E-state index in [1.54, 1.807) is 12.1 Å². The Balaban J connectivity index is 1.99. The molecule has 1 fully saturated rings. The van der Waals surface area contributed by atoms with Crippen LogP contribution in [0, 0.1) is 11.8 Å². The van der Waals surface area contributed by atoms with Gasteiger partial charge in [-0.3, -0.25) is 4.79 Å². The Labute approximate surface area is 108 Å². The van der Waals surface area contributed by atoms with E-state index in [0.717, 1.165) is 19.5 Å². The van der Waals surface area contributed by atoms with Crippen molar-refractivity contribution in [2.24, 2.45) is 11.8 Å². The Kier molecular flexibility index (Phi) is 3.90. The maximum atomic E-state index is 12.2. The second-order valence-electron chi connectivity index (χ2n) is 5.39. The molecule has 0 bridgehead atoms. The molecule has 1 saturated heterocycles. The first-order valence-corrected chi connectivity index (χ1v) is 6.62. The minimum atomic E-state index is 0.121. The van der Waals surface area contributed by atoms with Crippen molar-refractivity contribution >= 4 is 5.91 Å². The standard InChI is InChI=1S/C15H21NO2/c1-11-7-8-16(10-12(11)2)15(18)9-13-5-3-4-6-14(13)17/h3-6,11-12,17H,7-10H2,1-2H3. The molecule has 2 unspecified atom stereocenters. The molecule has 3 nitrogen and oxygen atoms in total. The van der Waals surface area contributed by atoms with Crippen LogP contribution in [0.15, 0.2) is 24.3 Å². The van der Waals surface area contributed by atoms with Crippen LogP contribution < -0.4 is 0 Å². The molecule has 1 aromatic carbocycles. The fraction of sp³-hybridized carbons (Fsp3) is 0.533. The van der Waals surface area contributed by atoms with Gasteiger partial charge in [0.05, 0.1) is 6.42 Å². The largest absolute Gasteiger partial charge is 0.508 e. The van der Waals surface area contributed by atoms with Gasteiger partial charge in [0.25, 0.3) is 0 Å². The third-order valence-corrected chi connectivity index (χ3v) is 4.02. The zero-order chi connectivity index (χ0) is 13.1. The second kappa shape index (κ2) is 5.42. The number of hydrogen-bond acceptors (Lipinski definition) is 2. The van der Waals surface area contributed by atoms with Crippen LogP contribution in [0.3, 0.4) is 0 Å². The van der Waals surface area contributed by atoms with Crippen LogP contribution in [0.2, 0.25) is 0 Å². The molecule has 3 heteroatoms. The fourth-order valence-electron chi connectivity index (χ4n) is 2.42.